The lowest BCUT2D eigenvalue weighted by Crippen LogP contribution is -2.28. The topological polar surface area (TPSA) is 67.9 Å². The van der Waals surface area contributed by atoms with Crippen LogP contribution in [0.25, 0.3) is 0 Å². The highest BCUT2D eigenvalue weighted by Crippen LogP contribution is 2.45. The number of rotatable bonds is 5. The third-order valence-electron chi connectivity index (χ3n) is 4.03. The molecule has 0 unspecified atom stereocenters. The molecule has 2 aromatic rings. The summed E-state index contributed by atoms with van der Waals surface area (Å²) in [5.74, 6) is 1.55. The fourth-order valence-electron chi connectivity index (χ4n) is 2.85. The van der Waals surface area contributed by atoms with E-state index in [2.05, 4.69) is 5.32 Å². The molecular formula is C19H20N2O4S. The van der Waals surface area contributed by atoms with Gasteiger partial charge in [-0.3, -0.25) is 14.5 Å². The van der Waals surface area contributed by atoms with Gasteiger partial charge in [-0.05, 0) is 29.8 Å². The van der Waals surface area contributed by atoms with Crippen LogP contribution in [0.2, 0.25) is 0 Å². The van der Waals surface area contributed by atoms with Crippen molar-refractivity contribution < 1.29 is 19.1 Å². The Morgan fingerprint density at radius 3 is 2.50 bits per heavy atom. The lowest BCUT2D eigenvalue weighted by Gasteiger charge is -2.26. The van der Waals surface area contributed by atoms with Gasteiger partial charge in [0.2, 0.25) is 11.8 Å². The lowest BCUT2D eigenvalue weighted by atomic mass is 10.1. The monoisotopic (exact) mass is 372 g/mol. The minimum Gasteiger partial charge on any atom is -0.497 e. The summed E-state index contributed by atoms with van der Waals surface area (Å²) >= 11 is 1.56. The lowest BCUT2D eigenvalue weighted by molar-refractivity contribution is -0.116. The predicted molar refractivity (Wildman–Crippen MR) is 103 cm³/mol. The number of ether oxygens (including phenoxy) is 2. The smallest absolute Gasteiger partial charge is 0.238 e. The van der Waals surface area contributed by atoms with Crippen LogP contribution in [0.1, 0.15) is 17.9 Å². The third kappa shape index (κ3) is 3.62. The van der Waals surface area contributed by atoms with E-state index < -0.39 is 0 Å². The summed E-state index contributed by atoms with van der Waals surface area (Å²) in [4.78, 5) is 25.5. The summed E-state index contributed by atoms with van der Waals surface area (Å²) in [5.41, 5.74) is 2.41. The van der Waals surface area contributed by atoms with Crippen molar-refractivity contribution in [1.29, 1.82) is 0 Å². The first-order valence-corrected chi connectivity index (χ1v) is 9.11. The molecule has 2 amide bonds. The molecule has 2 aromatic carbocycles. The van der Waals surface area contributed by atoms with Crippen molar-refractivity contribution in [3.8, 4) is 11.5 Å². The molecule has 0 aromatic heterocycles. The number of carbonyl (C=O) groups excluding carboxylic acids is 2. The molecule has 0 radical (unpaired) electrons. The van der Waals surface area contributed by atoms with Gasteiger partial charge < -0.3 is 14.8 Å². The van der Waals surface area contributed by atoms with Crippen LogP contribution in [0.4, 0.5) is 11.4 Å². The normalized spacial score (nSPS) is 16.5. The molecule has 0 saturated carbocycles. The van der Waals surface area contributed by atoms with E-state index in [1.165, 1.54) is 6.92 Å². The number of thioether (sulfide) groups is 1. The van der Waals surface area contributed by atoms with Crippen molar-refractivity contribution in [2.75, 3.05) is 30.2 Å². The van der Waals surface area contributed by atoms with E-state index in [1.54, 1.807) is 36.9 Å². The maximum atomic E-state index is 12.6. The Morgan fingerprint density at radius 1 is 1.15 bits per heavy atom. The fourth-order valence-corrected chi connectivity index (χ4v) is 4.02. The standard InChI is InChI=1S/C19H20N2O4S/c1-12(22)20-14-6-4-13(5-7-14)19-21(18(23)11-26-19)16-9-8-15(24-2)10-17(16)25-3/h4-10,19H,11H2,1-3H3,(H,20,22)/t19-/m1/s1. The summed E-state index contributed by atoms with van der Waals surface area (Å²) in [6.45, 7) is 1.47. The number of nitrogens with zero attached hydrogens (tertiary/aromatic N) is 1. The van der Waals surface area contributed by atoms with E-state index in [1.807, 2.05) is 36.4 Å². The molecule has 26 heavy (non-hydrogen) atoms. The Hall–Kier alpha value is -2.67. The molecule has 1 heterocycles. The van der Waals surface area contributed by atoms with Crippen molar-refractivity contribution in [3.05, 3.63) is 48.0 Å². The van der Waals surface area contributed by atoms with Gasteiger partial charge in [-0.25, -0.2) is 0 Å². The number of carbonyl (C=O) groups is 2. The molecule has 1 aliphatic heterocycles. The second-order valence-corrected chi connectivity index (χ2v) is 6.84. The summed E-state index contributed by atoms with van der Waals surface area (Å²) in [6.07, 6.45) is 0. The van der Waals surface area contributed by atoms with Gasteiger partial charge in [0.1, 0.15) is 16.9 Å². The fraction of sp³-hybridized carbons (Fsp3) is 0.263. The van der Waals surface area contributed by atoms with E-state index in [9.17, 15) is 9.59 Å². The minimum atomic E-state index is -0.156. The molecule has 3 rings (SSSR count). The molecule has 6 nitrogen and oxygen atoms in total. The minimum absolute atomic E-state index is 0.0226. The SMILES string of the molecule is COc1ccc(N2C(=O)CS[C@@H]2c2ccc(NC(C)=O)cc2)c(OC)c1. The molecule has 1 aliphatic rings. The van der Waals surface area contributed by atoms with Gasteiger partial charge in [0.25, 0.3) is 0 Å². The number of hydrogen-bond donors (Lipinski definition) is 1. The van der Waals surface area contributed by atoms with Gasteiger partial charge in [-0.2, -0.15) is 0 Å². The Morgan fingerprint density at radius 2 is 1.88 bits per heavy atom. The molecule has 0 bridgehead atoms. The maximum absolute atomic E-state index is 12.6. The molecule has 1 saturated heterocycles. The molecule has 1 fully saturated rings. The molecular weight excluding hydrogens is 352 g/mol. The predicted octanol–water partition coefficient (Wildman–Crippen LogP) is 3.44. The Labute approximate surface area is 156 Å². The quantitative estimate of drug-likeness (QED) is 0.871. The van der Waals surface area contributed by atoms with Crippen molar-refractivity contribution >= 4 is 35.0 Å². The zero-order valence-corrected chi connectivity index (χ0v) is 15.6. The van der Waals surface area contributed by atoms with Crippen molar-refractivity contribution in [2.24, 2.45) is 0 Å². The molecule has 1 N–H and O–H groups in total. The summed E-state index contributed by atoms with van der Waals surface area (Å²) < 4.78 is 10.7. The van der Waals surface area contributed by atoms with E-state index in [0.717, 1.165) is 11.3 Å². The first-order chi connectivity index (χ1) is 12.5. The van der Waals surface area contributed by atoms with Gasteiger partial charge in [-0.15, -0.1) is 11.8 Å². The van der Waals surface area contributed by atoms with Crippen molar-refractivity contribution in [1.82, 2.24) is 0 Å². The average Bonchev–Trinajstić information content (AvgIpc) is 3.02. The van der Waals surface area contributed by atoms with Crippen LogP contribution in [0.15, 0.2) is 42.5 Å². The first kappa shape index (κ1) is 18.1. The number of benzene rings is 2. The van der Waals surface area contributed by atoms with Crippen LogP contribution >= 0.6 is 11.8 Å². The van der Waals surface area contributed by atoms with E-state index >= 15 is 0 Å². The Bertz CT molecular complexity index is 823. The van der Waals surface area contributed by atoms with Crippen LogP contribution in [-0.4, -0.2) is 31.8 Å². The third-order valence-corrected chi connectivity index (χ3v) is 5.24. The van der Waals surface area contributed by atoms with Gasteiger partial charge in [0.15, 0.2) is 0 Å². The van der Waals surface area contributed by atoms with Gasteiger partial charge in [0.05, 0.1) is 25.7 Å². The Kier molecular flexibility index (Phi) is 5.37. The number of nitrogens with one attached hydrogen (secondary N) is 1. The zero-order valence-electron chi connectivity index (χ0n) is 14.8. The molecule has 136 valence electrons. The molecule has 1 atom stereocenters. The first-order valence-electron chi connectivity index (χ1n) is 8.06. The van der Waals surface area contributed by atoms with Crippen LogP contribution in [0.3, 0.4) is 0 Å². The average molecular weight is 372 g/mol. The molecule has 0 aliphatic carbocycles. The van der Waals surface area contributed by atoms with Crippen LogP contribution < -0.4 is 19.7 Å². The van der Waals surface area contributed by atoms with Crippen LogP contribution in [0.5, 0.6) is 11.5 Å². The second-order valence-electron chi connectivity index (χ2n) is 5.77. The van der Waals surface area contributed by atoms with Gasteiger partial charge in [-0.1, -0.05) is 12.1 Å². The number of methoxy groups -OCH3 is 2. The highest BCUT2D eigenvalue weighted by Gasteiger charge is 2.35. The number of anilines is 2. The number of hydrogen-bond acceptors (Lipinski definition) is 5. The molecule has 7 heteroatoms. The summed E-state index contributed by atoms with van der Waals surface area (Å²) in [5, 5.41) is 2.59. The van der Waals surface area contributed by atoms with Crippen molar-refractivity contribution in [2.45, 2.75) is 12.3 Å². The van der Waals surface area contributed by atoms with E-state index in [-0.39, 0.29) is 17.2 Å². The van der Waals surface area contributed by atoms with Crippen LogP contribution in [-0.2, 0) is 9.59 Å². The highest BCUT2D eigenvalue weighted by atomic mass is 32.2. The van der Waals surface area contributed by atoms with E-state index in [4.69, 9.17) is 9.47 Å². The van der Waals surface area contributed by atoms with E-state index in [0.29, 0.717) is 22.9 Å². The number of amides is 2. The second kappa shape index (κ2) is 7.70. The Balaban J connectivity index is 1.93. The summed E-state index contributed by atoms with van der Waals surface area (Å²) in [6, 6.07) is 12.9. The summed E-state index contributed by atoms with van der Waals surface area (Å²) in [7, 11) is 3.16. The largest absolute Gasteiger partial charge is 0.497 e. The van der Waals surface area contributed by atoms with Gasteiger partial charge >= 0.3 is 0 Å². The maximum Gasteiger partial charge on any atom is 0.238 e. The zero-order chi connectivity index (χ0) is 18.7. The van der Waals surface area contributed by atoms with Crippen molar-refractivity contribution in [3.63, 3.8) is 0 Å². The van der Waals surface area contributed by atoms with Gasteiger partial charge in [0, 0.05) is 18.7 Å². The van der Waals surface area contributed by atoms with Crippen LogP contribution in [0, 0.1) is 0 Å². The highest BCUT2D eigenvalue weighted by molar-refractivity contribution is 8.00. The molecule has 0 spiro atoms.